The Hall–Kier alpha value is -5.02. The summed E-state index contributed by atoms with van der Waals surface area (Å²) in [5, 5.41) is 6.06. The van der Waals surface area contributed by atoms with Gasteiger partial charge in [0, 0.05) is 28.6 Å². The number of aromatic nitrogens is 4. The predicted molar refractivity (Wildman–Crippen MR) is 182 cm³/mol. The van der Waals surface area contributed by atoms with Gasteiger partial charge in [-0.05, 0) is 57.2 Å². The van der Waals surface area contributed by atoms with Crippen molar-refractivity contribution in [1.82, 2.24) is 19.6 Å². The summed E-state index contributed by atoms with van der Waals surface area (Å²) in [5.41, 5.74) is 1.90. The van der Waals surface area contributed by atoms with Crippen LogP contribution in [-0.4, -0.2) is 59.7 Å². The number of benzene rings is 2. The van der Waals surface area contributed by atoms with E-state index in [1.165, 1.54) is 27.6 Å². The molecule has 252 valence electrons. The molecule has 0 atom stereocenters. The summed E-state index contributed by atoms with van der Waals surface area (Å²) in [5.74, 6) is 2.88. The molecule has 13 nitrogen and oxygen atoms in total. The number of imidazole rings is 1. The Kier molecular flexibility index (Phi) is 9.07. The number of nitrogens with zero attached hydrogens (tertiary/aromatic N) is 5. The molecular formula is C33H35N5O8S2. The molecule has 48 heavy (non-hydrogen) atoms. The quantitative estimate of drug-likeness (QED) is 0.133. The molecule has 15 heteroatoms. The van der Waals surface area contributed by atoms with Gasteiger partial charge in [0.15, 0.2) is 10.9 Å². The number of rotatable bonds is 11. The minimum Gasteiger partial charge on any atom is -0.497 e. The predicted octanol–water partition coefficient (Wildman–Crippen LogP) is 7.52. The Labute approximate surface area is 284 Å². The van der Waals surface area contributed by atoms with Crippen LogP contribution in [0.4, 0.5) is 9.93 Å². The number of furan rings is 1. The van der Waals surface area contributed by atoms with E-state index >= 15 is 0 Å². The van der Waals surface area contributed by atoms with Gasteiger partial charge in [0.25, 0.3) is 5.19 Å². The van der Waals surface area contributed by atoms with Crippen LogP contribution in [0.25, 0.3) is 27.4 Å². The first-order valence-electron chi connectivity index (χ1n) is 14.8. The van der Waals surface area contributed by atoms with E-state index in [0.717, 1.165) is 15.8 Å². The van der Waals surface area contributed by atoms with Gasteiger partial charge in [-0.3, -0.25) is 0 Å². The lowest BCUT2D eigenvalue weighted by molar-refractivity contribution is 0.0577. The van der Waals surface area contributed by atoms with Gasteiger partial charge >= 0.3 is 6.09 Å². The van der Waals surface area contributed by atoms with Gasteiger partial charge in [0.1, 0.15) is 46.5 Å². The summed E-state index contributed by atoms with van der Waals surface area (Å²) in [6.07, 6.45) is 1.25. The zero-order valence-corrected chi connectivity index (χ0v) is 29.4. The number of aryl methyl sites for hydroxylation is 1. The SMILES string of the molecule is COc1ccc(CN(C(=O)OC(C)(C)C)c2nc(COc3cc(OC)cc4oc(-c5cn6nc(OC)sc6n5)cc34)c(C)s2)c(OC)c1. The lowest BCUT2D eigenvalue weighted by Gasteiger charge is -2.26. The normalized spacial score (nSPS) is 11.6. The molecule has 4 aromatic heterocycles. The van der Waals surface area contributed by atoms with E-state index in [1.54, 1.807) is 57.4 Å². The summed E-state index contributed by atoms with van der Waals surface area (Å²) >= 11 is 2.70. The second-order valence-electron chi connectivity index (χ2n) is 11.6. The Morgan fingerprint density at radius 1 is 0.938 bits per heavy atom. The smallest absolute Gasteiger partial charge is 0.416 e. The molecule has 0 radical (unpaired) electrons. The van der Waals surface area contributed by atoms with Crippen LogP contribution >= 0.6 is 22.7 Å². The van der Waals surface area contributed by atoms with Crippen molar-refractivity contribution in [2.45, 2.75) is 46.4 Å². The summed E-state index contributed by atoms with van der Waals surface area (Å²) in [7, 11) is 6.31. The number of amides is 1. The molecule has 0 bridgehead atoms. The molecular weight excluding hydrogens is 659 g/mol. The van der Waals surface area contributed by atoms with E-state index in [9.17, 15) is 4.79 Å². The van der Waals surface area contributed by atoms with Crippen molar-refractivity contribution < 1.29 is 37.6 Å². The first-order chi connectivity index (χ1) is 23.0. The number of ether oxygens (including phenoxy) is 6. The summed E-state index contributed by atoms with van der Waals surface area (Å²) < 4.78 is 41.6. The number of carbonyl (C=O) groups is 1. The van der Waals surface area contributed by atoms with Crippen LogP contribution in [0.15, 0.2) is 47.0 Å². The molecule has 0 aliphatic heterocycles. The van der Waals surface area contributed by atoms with Gasteiger partial charge in [0.2, 0.25) is 4.96 Å². The minimum atomic E-state index is -0.714. The second-order valence-corrected chi connectivity index (χ2v) is 13.7. The van der Waals surface area contributed by atoms with Gasteiger partial charge in [0.05, 0.1) is 52.3 Å². The Bertz CT molecular complexity index is 2060. The van der Waals surface area contributed by atoms with E-state index in [-0.39, 0.29) is 13.2 Å². The van der Waals surface area contributed by atoms with E-state index in [4.69, 9.17) is 37.8 Å². The van der Waals surface area contributed by atoms with Crippen LogP contribution in [-0.2, 0) is 17.9 Å². The van der Waals surface area contributed by atoms with Crippen molar-refractivity contribution in [3.05, 3.63) is 58.7 Å². The molecule has 0 aliphatic rings. The number of fused-ring (bicyclic) bond motifs is 2. The molecule has 0 unspecified atom stereocenters. The summed E-state index contributed by atoms with van der Waals surface area (Å²) in [4.78, 5) is 26.1. The third-order valence-electron chi connectivity index (χ3n) is 7.17. The highest BCUT2D eigenvalue weighted by Crippen LogP contribution is 2.38. The lowest BCUT2D eigenvalue weighted by Crippen LogP contribution is -2.36. The fraction of sp³-hybridized carbons (Fsp3) is 0.333. The van der Waals surface area contributed by atoms with Gasteiger partial charge in [-0.25, -0.2) is 24.2 Å². The summed E-state index contributed by atoms with van der Waals surface area (Å²) in [6.45, 7) is 7.70. The van der Waals surface area contributed by atoms with E-state index in [0.29, 0.717) is 61.0 Å². The summed E-state index contributed by atoms with van der Waals surface area (Å²) in [6, 6.07) is 10.9. The zero-order chi connectivity index (χ0) is 34.2. The molecule has 0 spiro atoms. The molecule has 0 saturated heterocycles. The van der Waals surface area contributed by atoms with Gasteiger partial charge in [-0.2, -0.15) is 0 Å². The molecule has 1 amide bonds. The van der Waals surface area contributed by atoms with Crippen LogP contribution in [0, 0.1) is 6.92 Å². The third kappa shape index (κ3) is 6.82. The van der Waals surface area contributed by atoms with Gasteiger partial charge in [-0.15, -0.1) is 16.4 Å². The van der Waals surface area contributed by atoms with Crippen molar-refractivity contribution in [2.75, 3.05) is 33.3 Å². The fourth-order valence-corrected chi connectivity index (χ4v) is 6.42. The van der Waals surface area contributed by atoms with Crippen LogP contribution in [0.3, 0.4) is 0 Å². The topological polar surface area (TPSA) is 132 Å². The lowest BCUT2D eigenvalue weighted by atomic mass is 10.1. The van der Waals surface area contributed by atoms with Crippen LogP contribution < -0.4 is 28.6 Å². The number of carbonyl (C=O) groups excluding carboxylic acids is 1. The minimum absolute atomic E-state index is 0.128. The van der Waals surface area contributed by atoms with Crippen LogP contribution in [0.1, 0.15) is 36.9 Å². The monoisotopic (exact) mass is 693 g/mol. The average Bonchev–Trinajstić information content (AvgIpc) is 3.83. The van der Waals surface area contributed by atoms with E-state index in [2.05, 4.69) is 10.1 Å². The molecule has 2 aromatic carbocycles. The number of hydrogen-bond acceptors (Lipinski definition) is 13. The largest absolute Gasteiger partial charge is 0.497 e. The molecule has 6 rings (SSSR count). The van der Waals surface area contributed by atoms with E-state index < -0.39 is 11.7 Å². The molecule has 0 N–H and O–H groups in total. The third-order valence-corrected chi connectivity index (χ3v) is 9.09. The maximum atomic E-state index is 13.5. The molecule has 6 aromatic rings. The average molecular weight is 694 g/mol. The molecule has 4 heterocycles. The van der Waals surface area contributed by atoms with Crippen LogP contribution in [0.5, 0.6) is 28.2 Å². The highest BCUT2D eigenvalue weighted by Gasteiger charge is 2.28. The van der Waals surface area contributed by atoms with Crippen molar-refractivity contribution in [1.29, 1.82) is 0 Å². The fourth-order valence-electron chi connectivity index (χ4n) is 4.82. The second kappa shape index (κ2) is 13.2. The maximum Gasteiger partial charge on any atom is 0.416 e. The van der Waals surface area contributed by atoms with Crippen molar-refractivity contribution in [3.8, 4) is 39.6 Å². The van der Waals surface area contributed by atoms with Gasteiger partial charge in [-0.1, -0.05) is 0 Å². The highest BCUT2D eigenvalue weighted by molar-refractivity contribution is 7.18. The number of hydrogen-bond donors (Lipinski definition) is 0. The van der Waals surface area contributed by atoms with Crippen molar-refractivity contribution in [2.24, 2.45) is 0 Å². The number of anilines is 1. The maximum absolute atomic E-state index is 13.5. The molecule has 0 aliphatic carbocycles. The van der Waals surface area contributed by atoms with Crippen molar-refractivity contribution >= 4 is 49.8 Å². The molecule has 0 saturated carbocycles. The van der Waals surface area contributed by atoms with Crippen molar-refractivity contribution in [3.63, 3.8) is 0 Å². The zero-order valence-electron chi connectivity index (χ0n) is 27.8. The number of thiazole rings is 1. The standard InChI is InChI=1S/C33H35N5O8S2/c1-18-24(35-29(47-18)37(32(39)46-33(2,3)4)15-19-9-10-20(40-5)11-25(19)42-7)17-44-26-12-21(41-6)13-27-22(26)14-28(45-27)23-16-38-30(34-23)48-31(36-38)43-8/h9-14,16H,15,17H2,1-8H3. The van der Waals surface area contributed by atoms with E-state index in [1.807, 2.05) is 45.9 Å². The Balaban J connectivity index is 1.28. The highest BCUT2D eigenvalue weighted by atomic mass is 32.1. The first-order valence-corrected chi connectivity index (χ1v) is 16.4. The Morgan fingerprint density at radius 3 is 2.40 bits per heavy atom. The first kappa shape index (κ1) is 32.9. The Morgan fingerprint density at radius 2 is 1.71 bits per heavy atom. The molecule has 0 fully saturated rings. The van der Waals surface area contributed by atoms with Crippen LogP contribution in [0.2, 0.25) is 0 Å². The number of methoxy groups -OCH3 is 4. The van der Waals surface area contributed by atoms with Gasteiger partial charge < -0.3 is 32.8 Å².